The quantitative estimate of drug-likeness (QED) is 0.385. The molecule has 0 saturated heterocycles. The van der Waals surface area contributed by atoms with Crippen LogP contribution < -0.4 is 5.73 Å². The third-order valence-corrected chi connectivity index (χ3v) is 4.11. The van der Waals surface area contributed by atoms with Crippen LogP contribution in [0.1, 0.15) is 16.8 Å². The number of hydrogen-bond acceptors (Lipinski definition) is 4. The molecule has 3 N–H and O–H groups in total. The lowest BCUT2D eigenvalue weighted by Crippen LogP contribution is -2.17. The first-order chi connectivity index (χ1) is 9.72. The molecule has 1 heterocycles. The van der Waals surface area contributed by atoms with Crippen LogP contribution in [-0.2, 0) is 11.5 Å². The Morgan fingerprint density at radius 1 is 1.20 bits per heavy atom. The number of aromatic nitrogens is 1. The molecular formula is C14H14ClN3OS. The lowest BCUT2D eigenvalue weighted by molar-refractivity contribution is 0.318. The third-order valence-electron chi connectivity index (χ3n) is 2.71. The summed E-state index contributed by atoms with van der Waals surface area (Å²) in [6.07, 6.45) is 1.62. The van der Waals surface area contributed by atoms with Gasteiger partial charge in [-0.15, -0.1) is 0 Å². The highest BCUT2D eigenvalue weighted by Crippen LogP contribution is 2.24. The monoisotopic (exact) mass is 307 g/mol. The third kappa shape index (κ3) is 3.65. The number of nitrogens with zero attached hydrogens (tertiary/aromatic N) is 2. The van der Waals surface area contributed by atoms with E-state index in [4.69, 9.17) is 22.5 Å². The second kappa shape index (κ2) is 7.17. The maximum atomic E-state index is 8.75. The van der Waals surface area contributed by atoms with E-state index in [-0.39, 0.29) is 5.84 Å². The van der Waals surface area contributed by atoms with E-state index in [0.29, 0.717) is 11.4 Å². The number of rotatable bonds is 5. The van der Waals surface area contributed by atoms with Crippen molar-refractivity contribution in [3.05, 3.63) is 64.4 Å². The minimum atomic E-state index is 0.0268. The van der Waals surface area contributed by atoms with Crippen LogP contribution in [0.3, 0.4) is 0 Å². The molecule has 6 heteroatoms. The number of pyridine rings is 1. The van der Waals surface area contributed by atoms with Crippen molar-refractivity contribution in [3.8, 4) is 0 Å². The van der Waals surface area contributed by atoms with Crippen LogP contribution in [-0.4, -0.2) is 16.0 Å². The van der Waals surface area contributed by atoms with Gasteiger partial charge in [0.25, 0.3) is 0 Å². The molecule has 0 aliphatic carbocycles. The van der Waals surface area contributed by atoms with Gasteiger partial charge in [-0.1, -0.05) is 41.0 Å². The molecule has 0 aliphatic rings. The molecule has 2 rings (SSSR count). The van der Waals surface area contributed by atoms with Crippen LogP contribution in [0.15, 0.2) is 47.8 Å². The van der Waals surface area contributed by atoms with Crippen molar-refractivity contribution >= 4 is 29.2 Å². The minimum Gasteiger partial charge on any atom is -0.409 e. The first-order valence-corrected chi connectivity index (χ1v) is 7.48. The fraction of sp³-hybridized carbons (Fsp3) is 0.143. The highest BCUT2D eigenvalue weighted by atomic mass is 35.5. The number of nitrogens with two attached hydrogens (primary N) is 1. The molecule has 0 radical (unpaired) electrons. The highest BCUT2D eigenvalue weighted by Gasteiger charge is 2.08. The van der Waals surface area contributed by atoms with Gasteiger partial charge in [-0.2, -0.15) is 11.8 Å². The van der Waals surface area contributed by atoms with Gasteiger partial charge < -0.3 is 10.9 Å². The molecule has 20 heavy (non-hydrogen) atoms. The number of amidine groups is 1. The van der Waals surface area contributed by atoms with Gasteiger partial charge in [0.1, 0.15) is 5.69 Å². The molecule has 0 spiro atoms. The van der Waals surface area contributed by atoms with Gasteiger partial charge in [0.15, 0.2) is 5.84 Å². The van der Waals surface area contributed by atoms with Crippen molar-refractivity contribution in [1.82, 2.24) is 4.98 Å². The van der Waals surface area contributed by atoms with E-state index in [9.17, 15) is 0 Å². The Morgan fingerprint density at radius 3 is 2.65 bits per heavy atom. The Balaban J connectivity index is 2.03. The average molecular weight is 308 g/mol. The summed E-state index contributed by atoms with van der Waals surface area (Å²) in [6.45, 7) is 0. The zero-order valence-corrected chi connectivity index (χ0v) is 12.2. The molecule has 0 bridgehead atoms. The molecule has 0 unspecified atom stereocenters. The second-order valence-electron chi connectivity index (χ2n) is 4.08. The number of oxime groups is 1. The van der Waals surface area contributed by atoms with Crippen molar-refractivity contribution < 1.29 is 5.21 Å². The summed E-state index contributed by atoms with van der Waals surface area (Å²) >= 11 is 7.81. The van der Waals surface area contributed by atoms with Crippen LogP contribution >= 0.6 is 23.4 Å². The Kier molecular flexibility index (Phi) is 5.26. The zero-order chi connectivity index (χ0) is 14.4. The summed E-state index contributed by atoms with van der Waals surface area (Å²) < 4.78 is 0. The Morgan fingerprint density at radius 2 is 1.90 bits per heavy atom. The normalized spacial score (nSPS) is 11.6. The van der Waals surface area contributed by atoms with Crippen molar-refractivity contribution in [2.24, 2.45) is 10.9 Å². The summed E-state index contributed by atoms with van der Waals surface area (Å²) in [5.41, 5.74) is 8.15. The summed E-state index contributed by atoms with van der Waals surface area (Å²) in [5, 5.41) is 12.5. The summed E-state index contributed by atoms with van der Waals surface area (Å²) in [4.78, 5) is 4.14. The number of halogens is 1. The molecule has 4 nitrogen and oxygen atoms in total. The van der Waals surface area contributed by atoms with Gasteiger partial charge in [0, 0.05) is 22.7 Å². The largest absolute Gasteiger partial charge is 0.409 e. The van der Waals surface area contributed by atoms with Gasteiger partial charge in [-0.3, -0.25) is 4.98 Å². The molecular weight excluding hydrogens is 294 g/mol. The Hall–Kier alpha value is -1.72. The van der Waals surface area contributed by atoms with Crippen LogP contribution in [0, 0.1) is 0 Å². The fourth-order valence-electron chi connectivity index (χ4n) is 1.72. The van der Waals surface area contributed by atoms with Crippen molar-refractivity contribution in [2.45, 2.75) is 11.5 Å². The predicted octanol–water partition coefficient (Wildman–Crippen LogP) is 3.26. The Bertz CT molecular complexity index is 619. The van der Waals surface area contributed by atoms with Crippen LogP contribution in [0.5, 0.6) is 0 Å². The SMILES string of the molecule is N/C(=N/O)c1ncccc1CSCc1ccccc1Cl. The molecule has 1 aromatic heterocycles. The molecule has 0 atom stereocenters. The minimum absolute atomic E-state index is 0.0268. The molecule has 0 saturated carbocycles. The van der Waals surface area contributed by atoms with Gasteiger partial charge in [-0.25, -0.2) is 0 Å². The molecule has 0 amide bonds. The van der Waals surface area contributed by atoms with Crippen molar-refractivity contribution in [1.29, 1.82) is 0 Å². The van der Waals surface area contributed by atoms with E-state index in [1.165, 1.54) is 0 Å². The van der Waals surface area contributed by atoms with Crippen LogP contribution in [0.25, 0.3) is 0 Å². The smallest absolute Gasteiger partial charge is 0.189 e. The zero-order valence-electron chi connectivity index (χ0n) is 10.7. The average Bonchev–Trinajstić information content (AvgIpc) is 2.49. The lowest BCUT2D eigenvalue weighted by atomic mass is 10.2. The maximum absolute atomic E-state index is 8.75. The predicted molar refractivity (Wildman–Crippen MR) is 83.2 cm³/mol. The Labute approximate surface area is 126 Å². The van der Waals surface area contributed by atoms with E-state index in [1.807, 2.05) is 36.4 Å². The van der Waals surface area contributed by atoms with Gasteiger partial charge in [0.05, 0.1) is 0 Å². The van der Waals surface area contributed by atoms with E-state index in [0.717, 1.165) is 21.9 Å². The highest BCUT2D eigenvalue weighted by molar-refractivity contribution is 7.97. The first kappa shape index (κ1) is 14.7. The summed E-state index contributed by atoms with van der Waals surface area (Å²) in [5.74, 6) is 1.54. The lowest BCUT2D eigenvalue weighted by Gasteiger charge is -2.07. The van der Waals surface area contributed by atoms with Gasteiger partial charge >= 0.3 is 0 Å². The van der Waals surface area contributed by atoms with E-state index in [1.54, 1.807) is 18.0 Å². The standard InChI is InChI=1S/C14H14ClN3OS/c15-12-6-2-1-4-10(12)8-20-9-11-5-3-7-17-13(11)14(16)18-19/h1-7,19H,8-9H2,(H2,16,18). The second-order valence-corrected chi connectivity index (χ2v) is 5.47. The summed E-state index contributed by atoms with van der Waals surface area (Å²) in [7, 11) is 0. The van der Waals surface area contributed by atoms with Gasteiger partial charge in [0.2, 0.25) is 0 Å². The van der Waals surface area contributed by atoms with E-state index < -0.39 is 0 Å². The van der Waals surface area contributed by atoms with Crippen molar-refractivity contribution in [3.63, 3.8) is 0 Å². The molecule has 1 aromatic carbocycles. The topological polar surface area (TPSA) is 71.5 Å². The maximum Gasteiger partial charge on any atom is 0.189 e. The van der Waals surface area contributed by atoms with Gasteiger partial charge in [-0.05, 0) is 23.3 Å². The fourth-order valence-corrected chi connectivity index (χ4v) is 3.03. The number of hydrogen-bond donors (Lipinski definition) is 2. The molecule has 0 aliphatic heterocycles. The van der Waals surface area contributed by atoms with E-state index in [2.05, 4.69) is 10.1 Å². The van der Waals surface area contributed by atoms with E-state index >= 15 is 0 Å². The number of thioether (sulfide) groups is 1. The van der Waals surface area contributed by atoms with Crippen molar-refractivity contribution in [2.75, 3.05) is 0 Å². The van der Waals surface area contributed by atoms with Crippen LogP contribution in [0.2, 0.25) is 5.02 Å². The van der Waals surface area contributed by atoms with Crippen LogP contribution in [0.4, 0.5) is 0 Å². The summed E-state index contributed by atoms with van der Waals surface area (Å²) in [6, 6.07) is 11.5. The first-order valence-electron chi connectivity index (χ1n) is 5.95. The molecule has 0 fully saturated rings. The number of benzene rings is 1. The molecule has 2 aromatic rings. The molecule has 104 valence electrons.